The number of nitrogens with zero attached hydrogens (tertiary/aromatic N) is 2. The van der Waals surface area contributed by atoms with Crippen LogP contribution in [0.2, 0.25) is 0 Å². The molecule has 1 aromatic carbocycles. The highest BCUT2D eigenvalue weighted by Gasteiger charge is 2.28. The fourth-order valence-electron chi connectivity index (χ4n) is 3.09. The zero-order chi connectivity index (χ0) is 17.6. The van der Waals surface area contributed by atoms with Gasteiger partial charge in [-0.15, -0.1) is 0 Å². The molecule has 6 heteroatoms. The van der Waals surface area contributed by atoms with Gasteiger partial charge in [-0.3, -0.25) is 14.6 Å². The molecule has 2 heterocycles. The summed E-state index contributed by atoms with van der Waals surface area (Å²) in [5.41, 5.74) is 5.90. The van der Waals surface area contributed by atoms with Crippen LogP contribution in [0.15, 0.2) is 48.8 Å². The molecule has 0 bridgehead atoms. The maximum absolute atomic E-state index is 12.8. The summed E-state index contributed by atoms with van der Waals surface area (Å²) in [5, 5.41) is 0. The monoisotopic (exact) mass is 339 g/mol. The molecule has 2 aromatic rings. The molecule has 1 fully saturated rings. The molecule has 0 radical (unpaired) electrons. The van der Waals surface area contributed by atoms with Crippen LogP contribution in [0.5, 0.6) is 11.5 Å². The van der Waals surface area contributed by atoms with Crippen LogP contribution in [-0.2, 0) is 4.79 Å². The maximum atomic E-state index is 12.8. The number of carbonyl (C=O) groups excluding carboxylic acids is 2. The Balaban J connectivity index is 1.70. The van der Waals surface area contributed by atoms with Crippen LogP contribution in [0.1, 0.15) is 36.0 Å². The Kier molecular flexibility index (Phi) is 5.28. The molecular weight excluding hydrogens is 318 g/mol. The SMILES string of the molecule is NC(=O)CC1CCCCN1C(=O)c1ccc(Oc2cccnc2)cc1. The Hall–Kier alpha value is -2.89. The van der Waals surface area contributed by atoms with Crippen molar-refractivity contribution in [2.24, 2.45) is 5.73 Å². The minimum Gasteiger partial charge on any atom is -0.456 e. The summed E-state index contributed by atoms with van der Waals surface area (Å²) in [6.07, 6.45) is 6.30. The number of piperidine rings is 1. The molecule has 0 spiro atoms. The predicted molar refractivity (Wildman–Crippen MR) is 93.2 cm³/mol. The lowest BCUT2D eigenvalue weighted by atomic mass is 9.98. The Morgan fingerprint density at radius 1 is 1.16 bits per heavy atom. The summed E-state index contributed by atoms with van der Waals surface area (Å²) in [6.45, 7) is 0.657. The topological polar surface area (TPSA) is 85.5 Å². The van der Waals surface area contributed by atoms with Gasteiger partial charge >= 0.3 is 0 Å². The van der Waals surface area contributed by atoms with Crippen molar-refractivity contribution >= 4 is 11.8 Å². The average Bonchev–Trinajstić information content (AvgIpc) is 2.63. The largest absolute Gasteiger partial charge is 0.456 e. The number of benzene rings is 1. The average molecular weight is 339 g/mol. The first kappa shape index (κ1) is 17.0. The number of nitrogens with two attached hydrogens (primary N) is 1. The Morgan fingerprint density at radius 3 is 2.64 bits per heavy atom. The number of ether oxygens (including phenoxy) is 1. The molecule has 130 valence electrons. The number of pyridine rings is 1. The van der Waals surface area contributed by atoms with Gasteiger partial charge in [-0.2, -0.15) is 0 Å². The normalized spacial score (nSPS) is 17.1. The van der Waals surface area contributed by atoms with E-state index in [-0.39, 0.29) is 24.3 Å². The highest BCUT2D eigenvalue weighted by Crippen LogP contribution is 2.24. The standard InChI is InChI=1S/C19H21N3O3/c20-18(23)12-15-4-1-2-11-22(15)19(24)14-6-8-16(9-7-14)25-17-5-3-10-21-13-17/h3,5-10,13,15H,1-2,4,11-12H2,(H2,20,23). The van der Waals surface area contributed by atoms with Crippen LogP contribution in [0.3, 0.4) is 0 Å². The van der Waals surface area contributed by atoms with E-state index in [1.807, 2.05) is 6.07 Å². The van der Waals surface area contributed by atoms with Crippen molar-refractivity contribution in [1.82, 2.24) is 9.88 Å². The number of hydrogen-bond acceptors (Lipinski definition) is 4. The van der Waals surface area contributed by atoms with Gasteiger partial charge < -0.3 is 15.4 Å². The van der Waals surface area contributed by atoms with Gasteiger partial charge in [-0.1, -0.05) is 0 Å². The van der Waals surface area contributed by atoms with E-state index >= 15 is 0 Å². The fraction of sp³-hybridized carbons (Fsp3) is 0.316. The summed E-state index contributed by atoms with van der Waals surface area (Å²) in [4.78, 5) is 29.8. The Bertz CT molecular complexity index is 731. The fourth-order valence-corrected chi connectivity index (χ4v) is 3.09. The van der Waals surface area contributed by atoms with Crippen LogP contribution in [0.4, 0.5) is 0 Å². The lowest BCUT2D eigenvalue weighted by Crippen LogP contribution is -2.45. The summed E-state index contributed by atoms with van der Waals surface area (Å²) in [5.74, 6) is 0.833. The summed E-state index contributed by atoms with van der Waals surface area (Å²) in [6, 6.07) is 10.5. The number of likely N-dealkylation sites (tertiary alicyclic amines) is 1. The van der Waals surface area contributed by atoms with Crippen LogP contribution in [-0.4, -0.2) is 34.3 Å². The minimum absolute atomic E-state index is 0.0705. The van der Waals surface area contributed by atoms with E-state index in [0.717, 1.165) is 19.3 Å². The van der Waals surface area contributed by atoms with Crippen molar-refractivity contribution < 1.29 is 14.3 Å². The van der Waals surface area contributed by atoms with Crippen molar-refractivity contribution in [3.63, 3.8) is 0 Å². The molecule has 1 aliphatic heterocycles. The van der Waals surface area contributed by atoms with Gasteiger partial charge in [0.05, 0.1) is 6.20 Å². The molecule has 1 saturated heterocycles. The summed E-state index contributed by atoms with van der Waals surface area (Å²) in [7, 11) is 0. The molecule has 0 aliphatic carbocycles. The second kappa shape index (κ2) is 7.79. The van der Waals surface area contributed by atoms with Crippen molar-refractivity contribution in [1.29, 1.82) is 0 Å². The third-order valence-electron chi connectivity index (χ3n) is 4.30. The van der Waals surface area contributed by atoms with Crippen LogP contribution in [0.25, 0.3) is 0 Å². The summed E-state index contributed by atoms with van der Waals surface area (Å²) < 4.78 is 5.68. The lowest BCUT2D eigenvalue weighted by Gasteiger charge is -2.35. The van der Waals surface area contributed by atoms with Crippen molar-refractivity contribution in [2.75, 3.05) is 6.54 Å². The first-order valence-electron chi connectivity index (χ1n) is 8.41. The Morgan fingerprint density at radius 2 is 1.96 bits per heavy atom. The number of primary amides is 1. The molecule has 1 unspecified atom stereocenters. The van der Waals surface area contributed by atoms with E-state index < -0.39 is 0 Å². The molecule has 3 rings (SSSR count). The van der Waals surface area contributed by atoms with E-state index in [0.29, 0.717) is 23.6 Å². The number of rotatable bonds is 5. The minimum atomic E-state index is -0.370. The third kappa shape index (κ3) is 4.35. The lowest BCUT2D eigenvalue weighted by molar-refractivity contribution is -0.119. The van der Waals surface area contributed by atoms with Crippen molar-refractivity contribution in [2.45, 2.75) is 31.7 Å². The highest BCUT2D eigenvalue weighted by atomic mass is 16.5. The highest BCUT2D eigenvalue weighted by molar-refractivity contribution is 5.95. The van der Waals surface area contributed by atoms with Crippen LogP contribution >= 0.6 is 0 Å². The number of hydrogen-bond donors (Lipinski definition) is 1. The van der Waals surface area contributed by atoms with Gasteiger partial charge in [-0.25, -0.2) is 0 Å². The van der Waals surface area contributed by atoms with Crippen molar-refractivity contribution in [3.8, 4) is 11.5 Å². The second-order valence-corrected chi connectivity index (χ2v) is 6.13. The van der Waals surface area contributed by atoms with E-state index in [4.69, 9.17) is 10.5 Å². The second-order valence-electron chi connectivity index (χ2n) is 6.13. The molecule has 2 N–H and O–H groups in total. The first-order valence-corrected chi connectivity index (χ1v) is 8.41. The molecule has 1 aliphatic rings. The van der Waals surface area contributed by atoms with Gasteiger partial charge in [0, 0.05) is 30.8 Å². The van der Waals surface area contributed by atoms with Crippen LogP contribution < -0.4 is 10.5 Å². The zero-order valence-corrected chi connectivity index (χ0v) is 13.9. The first-order chi connectivity index (χ1) is 12.1. The van der Waals surface area contributed by atoms with Gasteiger partial charge in [0.1, 0.15) is 11.5 Å². The molecule has 25 heavy (non-hydrogen) atoms. The van der Waals surface area contributed by atoms with Gasteiger partial charge in [-0.05, 0) is 55.7 Å². The van der Waals surface area contributed by atoms with Gasteiger partial charge in [0.2, 0.25) is 5.91 Å². The number of carbonyl (C=O) groups is 2. The maximum Gasteiger partial charge on any atom is 0.254 e. The zero-order valence-electron chi connectivity index (χ0n) is 13.9. The molecule has 1 aromatic heterocycles. The third-order valence-corrected chi connectivity index (χ3v) is 4.30. The van der Waals surface area contributed by atoms with E-state index in [1.165, 1.54) is 0 Å². The van der Waals surface area contributed by atoms with Gasteiger partial charge in [0.15, 0.2) is 0 Å². The Labute approximate surface area is 146 Å². The quantitative estimate of drug-likeness (QED) is 0.907. The molecular formula is C19H21N3O3. The molecule has 0 saturated carbocycles. The number of amides is 2. The molecule has 1 atom stereocenters. The van der Waals surface area contributed by atoms with E-state index in [2.05, 4.69) is 4.98 Å². The van der Waals surface area contributed by atoms with E-state index in [9.17, 15) is 9.59 Å². The van der Waals surface area contributed by atoms with E-state index in [1.54, 1.807) is 47.6 Å². The predicted octanol–water partition coefficient (Wildman–Crippen LogP) is 2.74. The smallest absolute Gasteiger partial charge is 0.254 e. The van der Waals surface area contributed by atoms with Crippen molar-refractivity contribution in [3.05, 3.63) is 54.4 Å². The molecule has 2 amide bonds. The molecule has 6 nitrogen and oxygen atoms in total. The van der Waals surface area contributed by atoms with Gasteiger partial charge in [0.25, 0.3) is 5.91 Å². The van der Waals surface area contributed by atoms with Crippen LogP contribution in [0, 0.1) is 0 Å². The summed E-state index contributed by atoms with van der Waals surface area (Å²) >= 11 is 0. The number of aromatic nitrogens is 1.